The minimum atomic E-state index is -3.80. The molecular weight excluding hydrogens is 344 g/mol. The number of aliphatic carboxylic acids is 1. The highest BCUT2D eigenvalue weighted by Gasteiger charge is 2.37. The molecule has 1 heterocycles. The number of anilines is 1. The van der Waals surface area contributed by atoms with Crippen molar-refractivity contribution in [3.63, 3.8) is 0 Å². The van der Waals surface area contributed by atoms with E-state index >= 15 is 0 Å². The Hall–Kier alpha value is -2.61. The van der Waals surface area contributed by atoms with Crippen LogP contribution < -0.4 is 4.31 Å². The Bertz CT molecular complexity index is 949. The van der Waals surface area contributed by atoms with Crippen LogP contribution in [0, 0.1) is 0 Å². The largest absolute Gasteiger partial charge is 0.481 e. The van der Waals surface area contributed by atoms with E-state index in [0.717, 1.165) is 9.69 Å². The maximum absolute atomic E-state index is 12.8. The lowest BCUT2D eigenvalue weighted by molar-refractivity contribution is -0.138. The molecule has 2 aromatic carbocycles. The number of nitrogens with zero attached hydrogens (tertiary/aromatic N) is 2. The van der Waals surface area contributed by atoms with Gasteiger partial charge in [0.1, 0.15) is 6.54 Å². The minimum Gasteiger partial charge on any atom is -0.481 e. The second-order valence-corrected chi connectivity index (χ2v) is 7.59. The van der Waals surface area contributed by atoms with Gasteiger partial charge >= 0.3 is 5.97 Å². The van der Waals surface area contributed by atoms with Gasteiger partial charge in [0.2, 0.25) is 5.91 Å². The Kier molecular flexibility index (Phi) is 4.38. The summed E-state index contributed by atoms with van der Waals surface area (Å²) < 4.78 is 26.8. The molecule has 7 nitrogen and oxygen atoms in total. The summed E-state index contributed by atoms with van der Waals surface area (Å²) in [7, 11) is -3.80. The van der Waals surface area contributed by atoms with Crippen molar-refractivity contribution in [1.82, 2.24) is 4.90 Å². The third kappa shape index (κ3) is 2.93. The molecule has 1 aliphatic rings. The SMILES string of the molecule is CCN(CCC(=O)O)C(=O)CN1c2cccc3cccc(c23)S1(=O)=O. The number of hydrogen-bond donors (Lipinski definition) is 1. The Labute approximate surface area is 145 Å². The van der Waals surface area contributed by atoms with Crippen LogP contribution >= 0.6 is 0 Å². The molecule has 0 fully saturated rings. The lowest BCUT2D eigenvalue weighted by Crippen LogP contribution is -2.42. The fourth-order valence-electron chi connectivity index (χ4n) is 3.04. The Morgan fingerprint density at radius 3 is 2.48 bits per heavy atom. The van der Waals surface area contributed by atoms with Crippen molar-refractivity contribution < 1.29 is 23.1 Å². The average Bonchev–Trinajstić information content (AvgIpc) is 2.79. The van der Waals surface area contributed by atoms with E-state index in [0.29, 0.717) is 17.6 Å². The van der Waals surface area contributed by atoms with Crippen molar-refractivity contribution in [3.05, 3.63) is 36.4 Å². The van der Waals surface area contributed by atoms with E-state index < -0.39 is 21.9 Å². The first-order valence-corrected chi connectivity index (χ1v) is 9.34. The first kappa shape index (κ1) is 17.2. The van der Waals surface area contributed by atoms with Crippen LogP contribution in [0.5, 0.6) is 0 Å². The molecule has 0 spiro atoms. The molecule has 0 unspecified atom stereocenters. The zero-order valence-corrected chi connectivity index (χ0v) is 14.5. The molecule has 0 saturated carbocycles. The van der Waals surface area contributed by atoms with E-state index in [1.54, 1.807) is 25.1 Å². The summed E-state index contributed by atoms with van der Waals surface area (Å²) >= 11 is 0. The number of carboxylic acids is 1. The van der Waals surface area contributed by atoms with Gasteiger partial charge in [-0.25, -0.2) is 8.42 Å². The fourth-order valence-corrected chi connectivity index (χ4v) is 4.70. The molecule has 0 aromatic heterocycles. The smallest absolute Gasteiger partial charge is 0.305 e. The lowest BCUT2D eigenvalue weighted by Gasteiger charge is -2.24. The summed E-state index contributed by atoms with van der Waals surface area (Å²) in [6.45, 7) is 1.75. The number of amides is 1. The first-order valence-electron chi connectivity index (χ1n) is 7.90. The molecule has 0 aliphatic carbocycles. The second-order valence-electron chi connectivity index (χ2n) is 5.76. The van der Waals surface area contributed by atoms with Crippen LogP contribution in [-0.4, -0.2) is 49.9 Å². The average molecular weight is 362 g/mol. The Balaban J connectivity index is 1.92. The van der Waals surface area contributed by atoms with Gasteiger partial charge in [-0.2, -0.15) is 0 Å². The molecule has 132 valence electrons. The molecule has 1 N–H and O–H groups in total. The summed E-state index contributed by atoms with van der Waals surface area (Å²) in [6.07, 6.45) is -0.178. The van der Waals surface area contributed by atoms with Crippen molar-refractivity contribution in [2.45, 2.75) is 18.2 Å². The monoisotopic (exact) mass is 362 g/mol. The molecule has 8 heteroatoms. The van der Waals surface area contributed by atoms with Crippen LogP contribution in [0.25, 0.3) is 10.8 Å². The molecule has 0 bridgehead atoms. The number of sulfonamides is 1. The number of carboxylic acid groups (broad SMARTS) is 1. The van der Waals surface area contributed by atoms with Gasteiger partial charge in [-0.3, -0.25) is 13.9 Å². The van der Waals surface area contributed by atoms with Gasteiger partial charge in [0, 0.05) is 18.5 Å². The predicted molar refractivity (Wildman–Crippen MR) is 93.0 cm³/mol. The van der Waals surface area contributed by atoms with Gasteiger partial charge < -0.3 is 10.0 Å². The lowest BCUT2D eigenvalue weighted by atomic mass is 10.1. The maximum atomic E-state index is 12.8. The molecule has 25 heavy (non-hydrogen) atoms. The zero-order valence-electron chi connectivity index (χ0n) is 13.7. The molecule has 1 amide bonds. The van der Waals surface area contributed by atoms with Crippen LogP contribution in [0.2, 0.25) is 0 Å². The van der Waals surface area contributed by atoms with Crippen molar-refractivity contribution in [2.75, 3.05) is 23.9 Å². The number of carbonyl (C=O) groups excluding carboxylic acids is 1. The summed E-state index contributed by atoms with van der Waals surface area (Å²) in [5.41, 5.74) is 0.482. The van der Waals surface area contributed by atoms with E-state index in [4.69, 9.17) is 5.11 Å². The first-order chi connectivity index (χ1) is 11.9. The normalized spacial score (nSPS) is 14.7. The van der Waals surface area contributed by atoms with Crippen LogP contribution in [-0.2, 0) is 19.6 Å². The van der Waals surface area contributed by atoms with E-state index in [-0.39, 0.29) is 24.4 Å². The van der Waals surface area contributed by atoms with Gasteiger partial charge in [-0.1, -0.05) is 24.3 Å². The van der Waals surface area contributed by atoms with Crippen LogP contribution in [0.4, 0.5) is 5.69 Å². The van der Waals surface area contributed by atoms with Crippen LogP contribution in [0.3, 0.4) is 0 Å². The highest BCUT2D eigenvalue weighted by molar-refractivity contribution is 7.93. The van der Waals surface area contributed by atoms with Crippen LogP contribution in [0.1, 0.15) is 13.3 Å². The van der Waals surface area contributed by atoms with Gasteiger partial charge in [-0.15, -0.1) is 0 Å². The standard InChI is InChI=1S/C17H18N2O5S/c1-2-18(10-9-16(21)22)15(20)11-19-13-7-3-5-12-6-4-8-14(17(12)13)25(19,23)24/h3-8H,2,9-11H2,1H3,(H,21,22). The number of likely N-dealkylation sites (N-methyl/N-ethyl adjacent to an activating group) is 1. The van der Waals surface area contributed by atoms with E-state index in [1.807, 2.05) is 12.1 Å². The van der Waals surface area contributed by atoms with Gasteiger partial charge in [0.25, 0.3) is 10.0 Å². The van der Waals surface area contributed by atoms with E-state index in [2.05, 4.69) is 0 Å². The van der Waals surface area contributed by atoms with E-state index in [9.17, 15) is 18.0 Å². The molecule has 0 radical (unpaired) electrons. The fraction of sp³-hybridized carbons (Fsp3) is 0.294. The molecule has 3 rings (SSSR count). The van der Waals surface area contributed by atoms with Crippen molar-refractivity contribution in [3.8, 4) is 0 Å². The van der Waals surface area contributed by atoms with E-state index in [1.165, 1.54) is 11.0 Å². The maximum Gasteiger partial charge on any atom is 0.305 e. The molecule has 2 aromatic rings. The quantitative estimate of drug-likeness (QED) is 0.843. The predicted octanol–water partition coefficient (Wildman–Crippen LogP) is 1.67. The molecule has 0 atom stereocenters. The van der Waals surface area contributed by atoms with Crippen molar-refractivity contribution in [2.24, 2.45) is 0 Å². The number of hydrogen-bond acceptors (Lipinski definition) is 4. The second kappa shape index (κ2) is 6.36. The van der Waals surface area contributed by atoms with Gasteiger partial charge in [-0.05, 0) is 24.4 Å². The summed E-state index contributed by atoms with van der Waals surface area (Å²) in [6, 6.07) is 10.3. The highest BCUT2D eigenvalue weighted by atomic mass is 32.2. The highest BCUT2D eigenvalue weighted by Crippen LogP contribution is 2.41. The number of rotatable bonds is 6. The molecule has 1 aliphatic heterocycles. The van der Waals surface area contributed by atoms with Gasteiger partial charge in [0.05, 0.1) is 17.0 Å². The third-order valence-corrected chi connectivity index (χ3v) is 6.09. The summed E-state index contributed by atoms with van der Waals surface area (Å²) in [5.74, 6) is -1.42. The Morgan fingerprint density at radius 1 is 1.16 bits per heavy atom. The Morgan fingerprint density at radius 2 is 1.84 bits per heavy atom. The molecular formula is C17H18N2O5S. The van der Waals surface area contributed by atoms with Crippen molar-refractivity contribution in [1.29, 1.82) is 0 Å². The third-order valence-electron chi connectivity index (χ3n) is 4.29. The van der Waals surface area contributed by atoms with Crippen molar-refractivity contribution >= 4 is 38.4 Å². The minimum absolute atomic E-state index is 0.0513. The number of carbonyl (C=O) groups is 2. The van der Waals surface area contributed by atoms with Crippen LogP contribution in [0.15, 0.2) is 41.3 Å². The number of benzene rings is 2. The summed E-state index contributed by atoms with van der Waals surface area (Å²) in [4.78, 5) is 24.8. The molecule has 0 saturated heterocycles. The van der Waals surface area contributed by atoms with Gasteiger partial charge in [0.15, 0.2) is 0 Å². The zero-order chi connectivity index (χ0) is 18.2. The topological polar surface area (TPSA) is 95.0 Å². The summed E-state index contributed by atoms with van der Waals surface area (Å²) in [5, 5.41) is 10.2.